The highest BCUT2D eigenvalue weighted by molar-refractivity contribution is 7.11. The Morgan fingerprint density at radius 3 is 2.88 bits per heavy atom. The predicted molar refractivity (Wildman–Crippen MR) is 96.3 cm³/mol. The monoisotopic (exact) mass is 341 g/mol. The molecule has 4 nitrogen and oxygen atoms in total. The lowest BCUT2D eigenvalue weighted by molar-refractivity contribution is 0.0942. The molecule has 2 fully saturated rings. The Hall–Kier alpha value is -1.72. The van der Waals surface area contributed by atoms with Crippen LogP contribution >= 0.6 is 11.3 Å². The molecule has 5 heteroatoms. The minimum atomic E-state index is 0.0611. The summed E-state index contributed by atoms with van der Waals surface area (Å²) in [5, 5.41) is 3.16. The summed E-state index contributed by atoms with van der Waals surface area (Å²) < 4.78 is 0. The van der Waals surface area contributed by atoms with Crippen LogP contribution in [-0.4, -0.2) is 34.9 Å². The van der Waals surface area contributed by atoms with Gasteiger partial charge in [0.05, 0.1) is 11.2 Å². The van der Waals surface area contributed by atoms with Crippen molar-refractivity contribution in [2.45, 2.75) is 44.2 Å². The van der Waals surface area contributed by atoms with Crippen LogP contribution in [0.3, 0.4) is 0 Å². The van der Waals surface area contributed by atoms with E-state index in [0.29, 0.717) is 12.0 Å². The van der Waals surface area contributed by atoms with E-state index >= 15 is 0 Å². The third-order valence-corrected chi connectivity index (χ3v) is 5.83. The van der Waals surface area contributed by atoms with Crippen LogP contribution in [0, 0.1) is 0 Å². The first-order valence-corrected chi connectivity index (χ1v) is 9.69. The van der Waals surface area contributed by atoms with Crippen LogP contribution in [0.1, 0.15) is 52.5 Å². The minimum Gasteiger partial charge on any atom is -0.350 e. The zero-order valence-corrected chi connectivity index (χ0v) is 14.6. The van der Waals surface area contributed by atoms with Gasteiger partial charge in [-0.15, -0.1) is 11.3 Å². The Kier molecular flexibility index (Phi) is 4.63. The third kappa shape index (κ3) is 3.52. The van der Waals surface area contributed by atoms with Crippen LogP contribution in [0.2, 0.25) is 0 Å². The molecular formula is C19H23N3OS. The summed E-state index contributed by atoms with van der Waals surface area (Å²) in [6.07, 6.45) is 4.72. The number of hydrogen-bond donors (Lipinski definition) is 1. The molecule has 1 aromatic heterocycles. The van der Waals surface area contributed by atoms with Gasteiger partial charge in [0.1, 0.15) is 4.88 Å². The van der Waals surface area contributed by atoms with Gasteiger partial charge in [0, 0.05) is 25.0 Å². The third-order valence-electron chi connectivity index (χ3n) is 4.99. The number of thiazole rings is 1. The Morgan fingerprint density at radius 2 is 2.08 bits per heavy atom. The van der Waals surface area contributed by atoms with Gasteiger partial charge in [-0.05, 0) is 37.8 Å². The standard InChI is InChI=1S/C19H23N3OS/c23-19(18-17(15-8-9-15)21-13-24-18)20-11-16-7-4-10-22(16)12-14-5-2-1-3-6-14/h1-3,5-6,13,15-16H,4,7-12H2,(H,20,23). The minimum absolute atomic E-state index is 0.0611. The van der Waals surface area contributed by atoms with Gasteiger partial charge < -0.3 is 5.32 Å². The molecule has 0 radical (unpaired) electrons. The molecule has 2 heterocycles. The summed E-state index contributed by atoms with van der Waals surface area (Å²) in [5.74, 6) is 0.587. The summed E-state index contributed by atoms with van der Waals surface area (Å²) in [6.45, 7) is 2.81. The highest BCUT2D eigenvalue weighted by Crippen LogP contribution is 2.41. The van der Waals surface area contributed by atoms with E-state index in [1.165, 1.54) is 36.2 Å². The molecule has 1 aliphatic carbocycles. The van der Waals surface area contributed by atoms with E-state index in [0.717, 1.165) is 36.6 Å². The number of rotatable bonds is 6. The molecule has 1 N–H and O–H groups in total. The van der Waals surface area contributed by atoms with Crippen molar-refractivity contribution < 1.29 is 4.79 Å². The second-order valence-electron chi connectivity index (χ2n) is 6.80. The van der Waals surface area contributed by atoms with Crippen molar-refractivity contribution in [3.63, 3.8) is 0 Å². The molecule has 2 aliphatic rings. The Morgan fingerprint density at radius 1 is 1.25 bits per heavy atom. The first-order chi connectivity index (χ1) is 11.8. The van der Waals surface area contributed by atoms with Crippen molar-refractivity contribution in [2.24, 2.45) is 0 Å². The molecule has 0 spiro atoms. The van der Waals surface area contributed by atoms with Crippen LogP contribution in [0.4, 0.5) is 0 Å². The van der Waals surface area contributed by atoms with Gasteiger partial charge >= 0.3 is 0 Å². The van der Waals surface area contributed by atoms with Gasteiger partial charge in [0.25, 0.3) is 5.91 Å². The van der Waals surface area contributed by atoms with Crippen molar-refractivity contribution in [3.8, 4) is 0 Å². The smallest absolute Gasteiger partial charge is 0.263 e. The van der Waals surface area contributed by atoms with Crippen LogP contribution < -0.4 is 5.32 Å². The molecule has 24 heavy (non-hydrogen) atoms. The maximum absolute atomic E-state index is 12.5. The van der Waals surface area contributed by atoms with E-state index in [1.807, 2.05) is 0 Å². The Balaban J connectivity index is 1.34. The highest BCUT2D eigenvalue weighted by atomic mass is 32.1. The summed E-state index contributed by atoms with van der Waals surface area (Å²) >= 11 is 1.48. The van der Waals surface area contributed by atoms with Crippen LogP contribution in [0.25, 0.3) is 0 Å². The van der Waals surface area contributed by atoms with Gasteiger partial charge in [-0.3, -0.25) is 9.69 Å². The number of nitrogens with zero attached hydrogens (tertiary/aromatic N) is 2. The van der Waals surface area contributed by atoms with Crippen LogP contribution in [0.15, 0.2) is 35.8 Å². The maximum Gasteiger partial charge on any atom is 0.263 e. The molecule has 1 aromatic carbocycles. The zero-order valence-electron chi connectivity index (χ0n) is 13.8. The molecule has 126 valence electrons. The molecular weight excluding hydrogens is 318 g/mol. The number of nitrogens with one attached hydrogen (secondary N) is 1. The molecule has 1 aliphatic heterocycles. The number of likely N-dealkylation sites (tertiary alicyclic amines) is 1. The van der Waals surface area contributed by atoms with Gasteiger partial charge in [-0.1, -0.05) is 30.3 Å². The summed E-state index contributed by atoms with van der Waals surface area (Å²) in [4.78, 5) is 20.2. The van der Waals surface area contributed by atoms with Crippen LogP contribution in [-0.2, 0) is 6.54 Å². The van der Waals surface area contributed by atoms with Crippen molar-refractivity contribution >= 4 is 17.2 Å². The molecule has 1 atom stereocenters. The van der Waals surface area contributed by atoms with E-state index in [4.69, 9.17) is 0 Å². The molecule has 2 aromatic rings. The number of amides is 1. The SMILES string of the molecule is O=C(NCC1CCCN1Cc1ccccc1)c1scnc1C1CC1. The first-order valence-electron chi connectivity index (χ1n) is 8.81. The Bertz CT molecular complexity index is 696. The topological polar surface area (TPSA) is 45.2 Å². The van der Waals surface area contributed by atoms with E-state index < -0.39 is 0 Å². The summed E-state index contributed by atoms with van der Waals surface area (Å²) in [5.41, 5.74) is 4.17. The van der Waals surface area contributed by atoms with Crippen molar-refractivity contribution in [3.05, 3.63) is 52.0 Å². The number of carbonyl (C=O) groups excluding carboxylic acids is 1. The molecule has 1 amide bonds. The van der Waals surface area contributed by atoms with Gasteiger partial charge in [0.2, 0.25) is 0 Å². The average molecular weight is 341 g/mol. The quantitative estimate of drug-likeness (QED) is 0.876. The first kappa shape index (κ1) is 15.8. The highest BCUT2D eigenvalue weighted by Gasteiger charge is 2.31. The van der Waals surface area contributed by atoms with E-state index in [2.05, 4.69) is 45.5 Å². The fourth-order valence-corrected chi connectivity index (χ4v) is 4.31. The van der Waals surface area contributed by atoms with Crippen LogP contribution in [0.5, 0.6) is 0 Å². The van der Waals surface area contributed by atoms with Gasteiger partial charge in [-0.2, -0.15) is 0 Å². The number of hydrogen-bond acceptors (Lipinski definition) is 4. The lowest BCUT2D eigenvalue weighted by atomic mass is 10.1. The van der Waals surface area contributed by atoms with E-state index in [9.17, 15) is 4.79 Å². The van der Waals surface area contributed by atoms with E-state index in [-0.39, 0.29) is 5.91 Å². The maximum atomic E-state index is 12.5. The van der Waals surface area contributed by atoms with Crippen molar-refractivity contribution in [1.29, 1.82) is 0 Å². The molecule has 1 unspecified atom stereocenters. The van der Waals surface area contributed by atoms with Gasteiger partial charge in [-0.25, -0.2) is 4.98 Å². The lowest BCUT2D eigenvalue weighted by Crippen LogP contribution is -2.39. The van der Waals surface area contributed by atoms with Crippen molar-refractivity contribution in [1.82, 2.24) is 15.2 Å². The summed E-state index contributed by atoms with van der Waals surface area (Å²) in [6, 6.07) is 11.0. The summed E-state index contributed by atoms with van der Waals surface area (Å²) in [7, 11) is 0. The number of benzene rings is 1. The molecule has 1 saturated carbocycles. The van der Waals surface area contributed by atoms with Crippen molar-refractivity contribution in [2.75, 3.05) is 13.1 Å². The Labute approximate surface area is 146 Å². The molecule has 4 rings (SSSR count). The molecule has 1 saturated heterocycles. The van der Waals surface area contributed by atoms with Gasteiger partial charge in [0.15, 0.2) is 0 Å². The average Bonchev–Trinajstić information content (AvgIpc) is 3.16. The predicted octanol–water partition coefficient (Wildman–Crippen LogP) is 3.41. The zero-order chi connectivity index (χ0) is 16.4. The van der Waals surface area contributed by atoms with E-state index in [1.54, 1.807) is 5.51 Å². The number of aromatic nitrogens is 1. The second kappa shape index (κ2) is 7.03. The normalized spacial score (nSPS) is 21.1. The fourth-order valence-electron chi connectivity index (χ4n) is 3.52. The lowest BCUT2D eigenvalue weighted by Gasteiger charge is -2.24. The fraction of sp³-hybridized carbons (Fsp3) is 0.474. The number of carbonyl (C=O) groups is 1. The largest absolute Gasteiger partial charge is 0.350 e. The second-order valence-corrected chi connectivity index (χ2v) is 7.66. The molecule has 0 bridgehead atoms.